The van der Waals surface area contributed by atoms with Crippen molar-refractivity contribution in [1.29, 1.82) is 0 Å². The zero-order valence-corrected chi connectivity index (χ0v) is 21.3. The van der Waals surface area contributed by atoms with Gasteiger partial charge in [-0.1, -0.05) is 38.8 Å². The smallest absolute Gasteiger partial charge is 0.259 e. The molecule has 0 radical (unpaired) electrons. The predicted molar refractivity (Wildman–Crippen MR) is 137 cm³/mol. The normalized spacial score (nSPS) is 17.1. The molecule has 0 unspecified atom stereocenters. The van der Waals surface area contributed by atoms with Gasteiger partial charge in [0.05, 0.1) is 0 Å². The monoisotopic (exact) mass is 496 g/mol. The Hall–Kier alpha value is -3.00. The molecule has 0 spiro atoms. The molecule has 0 bridgehead atoms. The summed E-state index contributed by atoms with van der Waals surface area (Å²) in [6.07, 6.45) is 8.08. The van der Waals surface area contributed by atoms with Crippen molar-refractivity contribution in [2.24, 2.45) is 5.92 Å². The first-order valence-corrected chi connectivity index (χ1v) is 13.1. The van der Waals surface area contributed by atoms with Crippen molar-refractivity contribution < 1.29 is 14.0 Å². The third-order valence-corrected chi connectivity index (χ3v) is 7.16. The standard InChI is InChI=1S/C28H37FN4O3/c1-20(2)10-11-32-18-24(27(35)30-23-8-3-4-9-23)26(34)25(19-32)28(36)33-14-12-31(13-15-33)17-21-6-5-7-22(29)16-21/h5-7,16,18-20,23H,3-4,8-15,17H2,1-2H3,(H,30,35). The van der Waals surface area contributed by atoms with Crippen LogP contribution in [0.25, 0.3) is 0 Å². The number of hydrogen-bond acceptors (Lipinski definition) is 4. The maximum atomic E-state index is 13.5. The molecular weight excluding hydrogens is 459 g/mol. The molecule has 194 valence electrons. The molecule has 1 saturated carbocycles. The van der Waals surface area contributed by atoms with Gasteiger partial charge in [0, 0.05) is 57.7 Å². The Morgan fingerprint density at radius 3 is 2.42 bits per heavy atom. The number of rotatable bonds is 8. The summed E-state index contributed by atoms with van der Waals surface area (Å²) in [5.74, 6) is -0.531. The average Bonchev–Trinajstić information content (AvgIpc) is 3.36. The highest BCUT2D eigenvalue weighted by Crippen LogP contribution is 2.18. The fourth-order valence-electron chi connectivity index (χ4n) is 4.99. The molecule has 4 rings (SSSR count). The number of nitrogens with one attached hydrogen (secondary N) is 1. The second kappa shape index (κ2) is 11.8. The SMILES string of the molecule is CC(C)CCn1cc(C(=O)NC2CCCC2)c(=O)c(C(=O)N2CCN(Cc3cccc(F)c3)CC2)c1. The van der Waals surface area contributed by atoms with Gasteiger partial charge < -0.3 is 14.8 Å². The van der Waals surface area contributed by atoms with E-state index >= 15 is 0 Å². The highest BCUT2D eigenvalue weighted by atomic mass is 19.1. The lowest BCUT2D eigenvalue weighted by Gasteiger charge is -2.34. The number of pyridine rings is 1. The van der Waals surface area contributed by atoms with Crippen molar-refractivity contribution in [3.63, 3.8) is 0 Å². The highest BCUT2D eigenvalue weighted by Gasteiger charge is 2.27. The maximum absolute atomic E-state index is 13.5. The van der Waals surface area contributed by atoms with Gasteiger partial charge in [-0.25, -0.2) is 4.39 Å². The molecule has 1 aliphatic carbocycles. The van der Waals surface area contributed by atoms with Crippen LogP contribution in [0.5, 0.6) is 0 Å². The molecule has 1 aromatic carbocycles. The van der Waals surface area contributed by atoms with Crippen molar-refractivity contribution in [2.45, 2.75) is 65.1 Å². The number of nitrogens with zero attached hydrogens (tertiary/aromatic N) is 3. The zero-order valence-electron chi connectivity index (χ0n) is 21.3. The molecule has 2 fully saturated rings. The first-order chi connectivity index (χ1) is 17.3. The van der Waals surface area contributed by atoms with Gasteiger partial charge in [-0.05, 0) is 42.9 Å². The maximum Gasteiger partial charge on any atom is 0.259 e. The van der Waals surface area contributed by atoms with Gasteiger partial charge in [-0.15, -0.1) is 0 Å². The third kappa shape index (κ3) is 6.60. The van der Waals surface area contributed by atoms with Crippen molar-refractivity contribution in [3.05, 3.63) is 69.4 Å². The molecule has 2 aliphatic rings. The minimum absolute atomic E-state index is 0.0428. The second-order valence-corrected chi connectivity index (χ2v) is 10.5. The molecule has 1 aromatic heterocycles. The van der Waals surface area contributed by atoms with Crippen LogP contribution in [0, 0.1) is 11.7 Å². The van der Waals surface area contributed by atoms with E-state index in [-0.39, 0.29) is 34.8 Å². The number of amides is 2. The Morgan fingerprint density at radius 1 is 1.06 bits per heavy atom. The van der Waals surface area contributed by atoms with E-state index in [1.54, 1.807) is 23.4 Å². The van der Waals surface area contributed by atoms with Crippen LogP contribution >= 0.6 is 0 Å². The van der Waals surface area contributed by atoms with Crippen LogP contribution in [0.3, 0.4) is 0 Å². The van der Waals surface area contributed by atoms with Crippen molar-refractivity contribution in [3.8, 4) is 0 Å². The van der Waals surface area contributed by atoms with Crippen molar-refractivity contribution in [2.75, 3.05) is 26.2 Å². The summed E-state index contributed by atoms with van der Waals surface area (Å²) in [6, 6.07) is 6.63. The van der Waals surface area contributed by atoms with Gasteiger partial charge in [0.25, 0.3) is 11.8 Å². The minimum Gasteiger partial charge on any atom is -0.352 e. The number of aromatic nitrogens is 1. The number of aryl methyl sites for hydroxylation is 1. The van der Waals surface area contributed by atoms with Gasteiger partial charge in [0.1, 0.15) is 16.9 Å². The molecule has 2 heterocycles. The molecule has 1 aliphatic heterocycles. The van der Waals surface area contributed by atoms with Gasteiger partial charge >= 0.3 is 0 Å². The van der Waals surface area contributed by atoms with Gasteiger partial charge in [0.2, 0.25) is 5.43 Å². The van der Waals surface area contributed by atoms with E-state index in [0.717, 1.165) is 37.7 Å². The number of benzene rings is 1. The summed E-state index contributed by atoms with van der Waals surface area (Å²) in [4.78, 5) is 43.7. The van der Waals surface area contributed by atoms with Gasteiger partial charge in [-0.2, -0.15) is 0 Å². The second-order valence-electron chi connectivity index (χ2n) is 10.5. The Bertz CT molecular complexity index is 1130. The average molecular weight is 497 g/mol. The number of hydrogen-bond donors (Lipinski definition) is 1. The lowest BCUT2D eigenvalue weighted by Crippen LogP contribution is -2.49. The van der Waals surface area contributed by atoms with Crippen LogP contribution in [-0.2, 0) is 13.1 Å². The van der Waals surface area contributed by atoms with E-state index in [9.17, 15) is 18.8 Å². The number of halogens is 1. The van der Waals surface area contributed by atoms with Crippen molar-refractivity contribution >= 4 is 11.8 Å². The Labute approximate surface area is 212 Å². The van der Waals surface area contributed by atoms with Gasteiger partial charge in [0.15, 0.2) is 0 Å². The first kappa shape index (κ1) is 26.1. The van der Waals surface area contributed by atoms with E-state index in [4.69, 9.17) is 0 Å². The van der Waals surface area contributed by atoms with Crippen LogP contribution < -0.4 is 10.7 Å². The fraction of sp³-hybridized carbons (Fsp3) is 0.536. The van der Waals surface area contributed by atoms with Crippen LogP contribution in [0.1, 0.15) is 72.2 Å². The predicted octanol–water partition coefficient (Wildman–Crippen LogP) is 3.66. The summed E-state index contributed by atoms with van der Waals surface area (Å²) >= 11 is 0. The zero-order chi connectivity index (χ0) is 25.7. The fourth-order valence-corrected chi connectivity index (χ4v) is 4.99. The molecule has 7 nitrogen and oxygen atoms in total. The molecule has 36 heavy (non-hydrogen) atoms. The van der Waals surface area contributed by atoms with Crippen LogP contribution in [0.2, 0.25) is 0 Å². The topological polar surface area (TPSA) is 74.6 Å². The molecule has 8 heteroatoms. The Morgan fingerprint density at radius 2 is 1.75 bits per heavy atom. The Balaban J connectivity index is 1.49. The van der Waals surface area contributed by atoms with E-state index in [1.165, 1.54) is 12.1 Å². The minimum atomic E-state index is -0.501. The number of piperazine rings is 1. The molecule has 2 amide bonds. The van der Waals surface area contributed by atoms with Crippen LogP contribution in [0.15, 0.2) is 41.5 Å². The van der Waals surface area contributed by atoms with E-state index < -0.39 is 5.43 Å². The van der Waals surface area contributed by atoms with Crippen LogP contribution in [0.4, 0.5) is 4.39 Å². The van der Waals surface area contributed by atoms with Gasteiger partial charge in [-0.3, -0.25) is 19.3 Å². The largest absolute Gasteiger partial charge is 0.352 e. The first-order valence-electron chi connectivity index (χ1n) is 13.1. The molecular formula is C28H37FN4O3. The highest BCUT2D eigenvalue weighted by molar-refractivity contribution is 5.99. The lowest BCUT2D eigenvalue weighted by atomic mass is 10.1. The molecule has 1 saturated heterocycles. The van der Waals surface area contributed by atoms with Crippen molar-refractivity contribution in [1.82, 2.24) is 19.7 Å². The molecule has 2 aromatic rings. The van der Waals surface area contributed by atoms with Crippen LogP contribution in [-0.4, -0.2) is 58.4 Å². The number of carbonyl (C=O) groups is 2. The summed E-state index contributed by atoms with van der Waals surface area (Å²) in [6.45, 7) is 7.67. The molecule has 1 N–H and O–H groups in total. The van der Waals surface area contributed by atoms with E-state index in [0.29, 0.717) is 45.2 Å². The van der Waals surface area contributed by atoms with E-state index in [2.05, 4.69) is 24.1 Å². The quantitative estimate of drug-likeness (QED) is 0.605. The van der Waals surface area contributed by atoms with E-state index in [1.807, 2.05) is 10.6 Å². The summed E-state index contributed by atoms with van der Waals surface area (Å²) in [7, 11) is 0. The summed E-state index contributed by atoms with van der Waals surface area (Å²) < 4.78 is 15.3. The lowest BCUT2D eigenvalue weighted by molar-refractivity contribution is 0.0626. The third-order valence-electron chi connectivity index (χ3n) is 7.16. The molecule has 0 atom stereocenters. The Kier molecular flexibility index (Phi) is 8.56. The summed E-state index contributed by atoms with van der Waals surface area (Å²) in [5, 5.41) is 3.00. The summed E-state index contributed by atoms with van der Waals surface area (Å²) in [5.41, 5.74) is 0.486. The number of carbonyl (C=O) groups excluding carboxylic acids is 2.